The number of ether oxygens (including phenoxy) is 1. The molecule has 4 heteroatoms. The standard InChI is InChI=1S/C13H16N2O2/c1-8(2)9-4-5-12(16-3)10(6-9)11-7-13(14)17-15-11/h4-8H,14H2,1-3H3. The fraction of sp³-hybridized carbons (Fsp3) is 0.308. The van der Waals surface area contributed by atoms with Gasteiger partial charge in [0.15, 0.2) is 0 Å². The summed E-state index contributed by atoms with van der Waals surface area (Å²) < 4.78 is 10.2. The fourth-order valence-electron chi connectivity index (χ4n) is 1.70. The molecule has 0 aliphatic heterocycles. The van der Waals surface area contributed by atoms with Gasteiger partial charge in [0.25, 0.3) is 0 Å². The van der Waals surface area contributed by atoms with Crippen molar-refractivity contribution in [3.05, 3.63) is 29.8 Å². The molecule has 90 valence electrons. The Labute approximate surface area is 100 Å². The SMILES string of the molecule is COc1ccc(C(C)C)cc1-c1cc(N)on1. The maximum Gasteiger partial charge on any atom is 0.222 e. The predicted octanol–water partition coefficient (Wildman–Crippen LogP) is 3.06. The summed E-state index contributed by atoms with van der Waals surface area (Å²) in [6.07, 6.45) is 0. The molecule has 0 atom stereocenters. The summed E-state index contributed by atoms with van der Waals surface area (Å²) >= 11 is 0. The topological polar surface area (TPSA) is 61.3 Å². The highest BCUT2D eigenvalue weighted by atomic mass is 16.5. The summed E-state index contributed by atoms with van der Waals surface area (Å²) in [7, 11) is 1.64. The van der Waals surface area contributed by atoms with E-state index in [1.165, 1.54) is 5.56 Å². The van der Waals surface area contributed by atoms with Crippen molar-refractivity contribution in [3.63, 3.8) is 0 Å². The zero-order chi connectivity index (χ0) is 12.4. The van der Waals surface area contributed by atoms with Gasteiger partial charge in [0.2, 0.25) is 5.88 Å². The van der Waals surface area contributed by atoms with Crippen LogP contribution >= 0.6 is 0 Å². The Morgan fingerprint density at radius 1 is 1.29 bits per heavy atom. The molecule has 0 aliphatic rings. The third-order valence-corrected chi connectivity index (χ3v) is 2.69. The van der Waals surface area contributed by atoms with Crippen molar-refractivity contribution in [3.8, 4) is 17.0 Å². The molecule has 0 radical (unpaired) electrons. The molecular formula is C13H16N2O2. The first-order valence-corrected chi connectivity index (χ1v) is 5.52. The monoisotopic (exact) mass is 232 g/mol. The van der Waals surface area contributed by atoms with E-state index in [2.05, 4.69) is 31.1 Å². The number of anilines is 1. The van der Waals surface area contributed by atoms with Crippen molar-refractivity contribution < 1.29 is 9.26 Å². The minimum absolute atomic E-state index is 0.303. The molecule has 0 aliphatic carbocycles. The van der Waals surface area contributed by atoms with E-state index in [1.807, 2.05) is 6.07 Å². The quantitative estimate of drug-likeness (QED) is 0.883. The largest absolute Gasteiger partial charge is 0.496 e. The number of benzene rings is 1. The molecule has 2 N–H and O–H groups in total. The molecule has 1 aromatic carbocycles. The Morgan fingerprint density at radius 2 is 2.06 bits per heavy atom. The second kappa shape index (κ2) is 4.49. The summed E-state index contributed by atoms with van der Waals surface area (Å²) in [6, 6.07) is 7.74. The normalized spacial score (nSPS) is 10.8. The van der Waals surface area contributed by atoms with Gasteiger partial charge in [-0.2, -0.15) is 0 Å². The van der Waals surface area contributed by atoms with Gasteiger partial charge in [-0.25, -0.2) is 0 Å². The van der Waals surface area contributed by atoms with E-state index < -0.39 is 0 Å². The molecular weight excluding hydrogens is 216 g/mol. The molecule has 4 nitrogen and oxygen atoms in total. The van der Waals surface area contributed by atoms with E-state index in [1.54, 1.807) is 13.2 Å². The van der Waals surface area contributed by atoms with Crippen LogP contribution in [0, 0.1) is 0 Å². The van der Waals surface area contributed by atoms with Crippen LogP contribution in [0.15, 0.2) is 28.8 Å². The molecule has 2 aromatic rings. The average molecular weight is 232 g/mol. The molecule has 0 spiro atoms. The fourth-order valence-corrected chi connectivity index (χ4v) is 1.70. The van der Waals surface area contributed by atoms with Crippen LogP contribution in [0.25, 0.3) is 11.3 Å². The molecule has 0 fully saturated rings. The van der Waals surface area contributed by atoms with Crippen molar-refractivity contribution in [2.75, 3.05) is 12.8 Å². The lowest BCUT2D eigenvalue weighted by atomic mass is 9.99. The van der Waals surface area contributed by atoms with E-state index in [-0.39, 0.29) is 0 Å². The summed E-state index contributed by atoms with van der Waals surface area (Å²) in [5, 5.41) is 3.92. The number of rotatable bonds is 3. The van der Waals surface area contributed by atoms with Crippen LogP contribution in [0.3, 0.4) is 0 Å². The second-order valence-electron chi connectivity index (χ2n) is 4.23. The molecule has 2 rings (SSSR count). The van der Waals surface area contributed by atoms with Gasteiger partial charge in [0.05, 0.1) is 7.11 Å². The van der Waals surface area contributed by atoms with Gasteiger partial charge in [0.1, 0.15) is 11.4 Å². The lowest BCUT2D eigenvalue weighted by Crippen LogP contribution is -1.92. The first-order chi connectivity index (χ1) is 8.11. The summed E-state index contributed by atoms with van der Waals surface area (Å²) in [4.78, 5) is 0. The maximum absolute atomic E-state index is 5.54. The van der Waals surface area contributed by atoms with Crippen molar-refractivity contribution in [1.82, 2.24) is 5.16 Å². The second-order valence-corrected chi connectivity index (χ2v) is 4.23. The molecule has 1 heterocycles. The van der Waals surface area contributed by atoms with Gasteiger partial charge >= 0.3 is 0 Å². The van der Waals surface area contributed by atoms with Gasteiger partial charge in [-0.15, -0.1) is 0 Å². The maximum atomic E-state index is 5.54. The van der Waals surface area contributed by atoms with Crippen LogP contribution in [0.5, 0.6) is 5.75 Å². The first-order valence-electron chi connectivity index (χ1n) is 5.52. The summed E-state index contributed by atoms with van der Waals surface area (Å²) in [6.45, 7) is 4.28. The van der Waals surface area contributed by atoms with Gasteiger partial charge in [-0.1, -0.05) is 25.1 Å². The molecule has 17 heavy (non-hydrogen) atoms. The van der Waals surface area contributed by atoms with Crippen LogP contribution in [-0.2, 0) is 0 Å². The zero-order valence-corrected chi connectivity index (χ0v) is 10.2. The van der Waals surface area contributed by atoms with Crippen molar-refractivity contribution >= 4 is 5.88 Å². The number of methoxy groups -OCH3 is 1. The molecule has 0 bridgehead atoms. The van der Waals surface area contributed by atoms with Crippen LogP contribution in [-0.4, -0.2) is 12.3 Å². The number of hydrogen-bond donors (Lipinski definition) is 1. The highest BCUT2D eigenvalue weighted by Gasteiger charge is 2.12. The molecule has 1 aromatic heterocycles. The first kappa shape index (κ1) is 11.5. The molecule has 0 saturated heterocycles. The number of hydrogen-bond acceptors (Lipinski definition) is 4. The van der Waals surface area contributed by atoms with Crippen LogP contribution in [0.4, 0.5) is 5.88 Å². The molecule has 0 amide bonds. The average Bonchev–Trinajstić information content (AvgIpc) is 2.74. The summed E-state index contributed by atoms with van der Waals surface area (Å²) in [5.41, 5.74) is 8.36. The smallest absolute Gasteiger partial charge is 0.222 e. The Hall–Kier alpha value is -1.97. The van der Waals surface area contributed by atoms with Crippen LogP contribution < -0.4 is 10.5 Å². The van der Waals surface area contributed by atoms with Gasteiger partial charge in [-0.3, -0.25) is 0 Å². The van der Waals surface area contributed by atoms with Crippen molar-refractivity contribution in [2.24, 2.45) is 0 Å². The van der Waals surface area contributed by atoms with Gasteiger partial charge in [-0.05, 0) is 23.6 Å². The third-order valence-electron chi connectivity index (χ3n) is 2.69. The van der Waals surface area contributed by atoms with Crippen LogP contribution in [0.1, 0.15) is 25.3 Å². The Balaban J connectivity index is 2.53. The van der Waals surface area contributed by atoms with Gasteiger partial charge in [0, 0.05) is 11.6 Å². The van der Waals surface area contributed by atoms with E-state index in [0.29, 0.717) is 17.5 Å². The minimum Gasteiger partial charge on any atom is -0.496 e. The van der Waals surface area contributed by atoms with Crippen molar-refractivity contribution in [1.29, 1.82) is 0 Å². The van der Waals surface area contributed by atoms with E-state index >= 15 is 0 Å². The summed E-state index contributed by atoms with van der Waals surface area (Å²) in [5.74, 6) is 1.52. The van der Waals surface area contributed by atoms with E-state index in [0.717, 1.165) is 11.3 Å². The zero-order valence-electron chi connectivity index (χ0n) is 10.2. The minimum atomic E-state index is 0.303. The third kappa shape index (κ3) is 2.25. The molecule has 0 unspecified atom stereocenters. The lowest BCUT2D eigenvalue weighted by molar-refractivity contribution is 0.413. The predicted molar refractivity (Wildman–Crippen MR) is 67.0 cm³/mol. The van der Waals surface area contributed by atoms with Gasteiger partial charge < -0.3 is 15.0 Å². The Morgan fingerprint density at radius 3 is 2.59 bits per heavy atom. The number of nitrogen functional groups attached to an aromatic ring is 1. The molecule has 0 saturated carbocycles. The number of aromatic nitrogens is 1. The van der Waals surface area contributed by atoms with Crippen molar-refractivity contribution in [2.45, 2.75) is 19.8 Å². The Kier molecular flexibility index (Phi) is 3.04. The number of nitrogens with two attached hydrogens (primary N) is 1. The van der Waals surface area contributed by atoms with E-state index in [9.17, 15) is 0 Å². The lowest BCUT2D eigenvalue weighted by Gasteiger charge is -2.10. The number of nitrogens with zero attached hydrogens (tertiary/aromatic N) is 1. The van der Waals surface area contributed by atoms with E-state index in [4.69, 9.17) is 15.0 Å². The highest BCUT2D eigenvalue weighted by molar-refractivity contribution is 5.69. The highest BCUT2D eigenvalue weighted by Crippen LogP contribution is 2.32. The van der Waals surface area contributed by atoms with Crippen LogP contribution in [0.2, 0.25) is 0 Å². The Bertz CT molecular complexity index is 518.